The molecule has 3 aromatic carbocycles. The largest absolute Gasteiger partial charge is 0.494 e. The van der Waals surface area contributed by atoms with Crippen molar-refractivity contribution in [2.24, 2.45) is 5.10 Å². The van der Waals surface area contributed by atoms with Crippen molar-refractivity contribution < 1.29 is 32.2 Å². The van der Waals surface area contributed by atoms with E-state index in [0.29, 0.717) is 23.5 Å². The van der Waals surface area contributed by atoms with Gasteiger partial charge in [-0.3, -0.25) is 4.79 Å². The molecule has 0 saturated carbocycles. The van der Waals surface area contributed by atoms with E-state index in [-0.39, 0.29) is 16.4 Å². The van der Waals surface area contributed by atoms with E-state index in [0.717, 1.165) is 12.8 Å². The minimum Gasteiger partial charge on any atom is -0.494 e. The Kier molecular flexibility index (Phi) is 10.4. The molecular weight excluding hydrogens is 510 g/mol. The monoisotopic (exact) mass is 539 g/mol. The molecule has 10 nitrogen and oxygen atoms in total. The Morgan fingerprint density at radius 2 is 1.71 bits per heavy atom. The lowest BCUT2D eigenvalue weighted by Gasteiger charge is -2.10. The zero-order valence-electron chi connectivity index (χ0n) is 21.0. The van der Waals surface area contributed by atoms with Gasteiger partial charge in [0.2, 0.25) is 10.0 Å². The van der Waals surface area contributed by atoms with Crippen molar-refractivity contribution in [1.82, 2.24) is 10.1 Å². The third-order valence-corrected chi connectivity index (χ3v) is 6.54. The molecule has 2 N–H and O–H groups in total. The molecule has 200 valence electrons. The highest BCUT2D eigenvalue weighted by Gasteiger charge is 2.15. The molecule has 0 aliphatic heterocycles. The van der Waals surface area contributed by atoms with Crippen LogP contribution in [0.15, 0.2) is 82.8 Å². The van der Waals surface area contributed by atoms with Gasteiger partial charge in [-0.2, -0.15) is 5.10 Å². The fourth-order valence-corrected chi connectivity index (χ4v) is 4.09. The van der Waals surface area contributed by atoms with Crippen LogP contribution in [-0.2, 0) is 14.8 Å². The fourth-order valence-electron chi connectivity index (χ4n) is 3.09. The lowest BCUT2D eigenvalue weighted by Crippen LogP contribution is -2.34. The highest BCUT2D eigenvalue weighted by molar-refractivity contribution is 7.89. The molecule has 0 spiro atoms. The number of carbonyl (C=O) groups is 2. The quantitative estimate of drug-likeness (QED) is 0.112. The van der Waals surface area contributed by atoms with Crippen LogP contribution in [0.5, 0.6) is 17.2 Å². The maximum Gasteiger partial charge on any atom is 0.343 e. The van der Waals surface area contributed by atoms with Crippen LogP contribution in [0.25, 0.3) is 0 Å². The van der Waals surface area contributed by atoms with E-state index < -0.39 is 28.4 Å². The number of methoxy groups -OCH3 is 1. The number of hydrogen-bond donors (Lipinski definition) is 2. The van der Waals surface area contributed by atoms with Crippen molar-refractivity contribution in [2.75, 3.05) is 20.3 Å². The number of esters is 1. The smallest absolute Gasteiger partial charge is 0.343 e. The summed E-state index contributed by atoms with van der Waals surface area (Å²) in [5.41, 5.74) is 3.14. The van der Waals surface area contributed by atoms with E-state index in [1.165, 1.54) is 31.5 Å². The summed E-state index contributed by atoms with van der Waals surface area (Å²) in [5.74, 6) is -0.0481. The van der Waals surface area contributed by atoms with Gasteiger partial charge in [-0.25, -0.2) is 23.4 Å². The van der Waals surface area contributed by atoms with E-state index in [9.17, 15) is 18.0 Å². The molecule has 38 heavy (non-hydrogen) atoms. The minimum absolute atomic E-state index is 0.0534. The molecule has 0 atom stereocenters. The number of carbonyl (C=O) groups excluding carboxylic acids is 2. The van der Waals surface area contributed by atoms with E-state index in [2.05, 4.69) is 22.2 Å². The predicted molar refractivity (Wildman–Crippen MR) is 142 cm³/mol. The van der Waals surface area contributed by atoms with Crippen LogP contribution >= 0.6 is 0 Å². The second-order valence-electron chi connectivity index (χ2n) is 7.96. The number of unbranched alkanes of at least 4 members (excludes halogenated alkanes) is 1. The van der Waals surface area contributed by atoms with Crippen LogP contribution in [0.1, 0.15) is 35.7 Å². The molecule has 0 unspecified atom stereocenters. The summed E-state index contributed by atoms with van der Waals surface area (Å²) in [6, 6.07) is 19.1. The summed E-state index contributed by atoms with van der Waals surface area (Å²) in [4.78, 5) is 24.6. The number of rotatable bonds is 13. The van der Waals surface area contributed by atoms with Gasteiger partial charge in [-0.15, -0.1) is 0 Å². The van der Waals surface area contributed by atoms with Crippen LogP contribution in [0.2, 0.25) is 0 Å². The third kappa shape index (κ3) is 8.43. The Balaban J connectivity index is 1.54. The molecule has 0 aromatic heterocycles. The Morgan fingerprint density at radius 3 is 2.39 bits per heavy atom. The number of hydrogen-bond acceptors (Lipinski definition) is 8. The average Bonchev–Trinajstić information content (AvgIpc) is 2.93. The van der Waals surface area contributed by atoms with E-state index in [1.54, 1.807) is 54.6 Å². The lowest BCUT2D eigenvalue weighted by molar-refractivity contribution is -0.119. The molecule has 0 heterocycles. The molecule has 0 fully saturated rings. The van der Waals surface area contributed by atoms with Gasteiger partial charge in [0, 0.05) is 0 Å². The molecule has 0 aliphatic rings. The van der Waals surface area contributed by atoms with Crippen LogP contribution in [-0.4, -0.2) is 46.8 Å². The highest BCUT2D eigenvalue weighted by Crippen LogP contribution is 2.28. The van der Waals surface area contributed by atoms with Gasteiger partial charge >= 0.3 is 5.97 Å². The standard InChI is InChI=1S/C27H29N3O7S/c1-3-4-16-36-22-13-11-21(12-14-22)27(32)37-24-15-10-20(17-25(24)35-2)18-28-30-26(31)19-29-38(33,34)23-8-6-5-7-9-23/h5-15,17-18,29H,3-4,16,19H2,1-2H3,(H,30,31)/b28-18-. The first-order chi connectivity index (χ1) is 18.3. The molecule has 0 radical (unpaired) electrons. The molecule has 3 aromatic rings. The van der Waals surface area contributed by atoms with Crippen molar-refractivity contribution >= 4 is 28.1 Å². The Morgan fingerprint density at radius 1 is 0.974 bits per heavy atom. The third-order valence-electron chi connectivity index (χ3n) is 5.13. The van der Waals surface area contributed by atoms with Gasteiger partial charge in [0.25, 0.3) is 5.91 Å². The van der Waals surface area contributed by atoms with Crippen molar-refractivity contribution in [1.29, 1.82) is 0 Å². The zero-order chi connectivity index (χ0) is 27.4. The molecule has 1 amide bonds. The Bertz CT molecular complexity index is 1360. The predicted octanol–water partition coefficient (Wildman–Crippen LogP) is 3.52. The van der Waals surface area contributed by atoms with Gasteiger partial charge in [0.05, 0.1) is 36.9 Å². The number of sulfonamides is 1. The SMILES string of the molecule is CCCCOc1ccc(C(=O)Oc2ccc(/C=N\NC(=O)CNS(=O)(=O)c3ccccc3)cc2OC)cc1. The van der Waals surface area contributed by atoms with Gasteiger partial charge in [0.15, 0.2) is 11.5 Å². The summed E-state index contributed by atoms with van der Waals surface area (Å²) in [7, 11) is -2.38. The second-order valence-corrected chi connectivity index (χ2v) is 9.72. The van der Waals surface area contributed by atoms with E-state index >= 15 is 0 Å². The molecule has 0 bridgehead atoms. The number of ether oxygens (including phenoxy) is 3. The van der Waals surface area contributed by atoms with Crippen LogP contribution in [0, 0.1) is 0 Å². The summed E-state index contributed by atoms with van der Waals surface area (Å²) >= 11 is 0. The maximum atomic E-state index is 12.6. The maximum absolute atomic E-state index is 12.6. The van der Waals surface area contributed by atoms with E-state index in [1.807, 2.05) is 0 Å². The first-order valence-corrected chi connectivity index (χ1v) is 13.3. The summed E-state index contributed by atoms with van der Waals surface area (Å²) in [6.45, 7) is 2.21. The number of benzene rings is 3. The molecule has 11 heteroatoms. The van der Waals surface area contributed by atoms with Crippen LogP contribution < -0.4 is 24.4 Å². The van der Waals surface area contributed by atoms with Crippen molar-refractivity contribution in [3.8, 4) is 17.2 Å². The summed E-state index contributed by atoms with van der Waals surface area (Å²) in [6.07, 6.45) is 3.33. The van der Waals surface area contributed by atoms with Crippen LogP contribution in [0.4, 0.5) is 0 Å². The molecule has 0 saturated heterocycles. The summed E-state index contributed by atoms with van der Waals surface area (Å²) in [5, 5.41) is 3.83. The zero-order valence-corrected chi connectivity index (χ0v) is 21.9. The van der Waals surface area contributed by atoms with Gasteiger partial charge in [-0.05, 0) is 66.6 Å². The lowest BCUT2D eigenvalue weighted by atomic mass is 10.2. The second kappa shape index (κ2) is 13.9. The number of hydrazone groups is 1. The number of nitrogens with one attached hydrogen (secondary N) is 2. The fraction of sp³-hybridized carbons (Fsp3) is 0.222. The van der Waals surface area contributed by atoms with Gasteiger partial charge in [-0.1, -0.05) is 31.5 Å². The topological polar surface area (TPSA) is 132 Å². The molecule has 3 rings (SSSR count). The Hall–Kier alpha value is -4.22. The van der Waals surface area contributed by atoms with E-state index in [4.69, 9.17) is 14.2 Å². The normalized spacial score (nSPS) is 11.2. The molecular formula is C27H29N3O7S. The summed E-state index contributed by atoms with van der Waals surface area (Å²) < 4.78 is 43.0. The van der Waals surface area contributed by atoms with Gasteiger partial charge in [0.1, 0.15) is 5.75 Å². The average molecular weight is 540 g/mol. The van der Waals surface area contributed by atoms with Crippen molar-refractivity contribution in [3.63, 3.8) is 0 Å². The van der Waals surface area contributed by atoms with Crippen LogP contribution in [0.3, 0.4) is 0 Å². The molecule has 0 aliphatic carbocycles. The Labute approximate surface area is 221 Å². The number of amides is 1. The first kappa shape index (κ1) is 28.4. The van der Waals surface area contributed by atoms with Crippen molar-refractivity contribution in [2.45, 2.75) is 24.7 Å². The highest BCUT2D eigenvalue weighted by atomic mass is 32.2. The first-order valence-electron chi connectivity index (χ1n) is 11.8. The van der Waals surface area contributed by atoms with Crippen molar-refractivity contribution in [3.05, 3.63) is 83.9 Å². The van der Waals surface area contributed by atoms with Gasteiger partial charge < -0.3 is 14.2 Å². The minimum atomic E-state index is -3.81. The number of nitrogens with zero attached hydrogens (tertiary/aromatic N) is 1.